The number of rotatable bonds is 4. The van der Waals surface area contributed by atoms with Gasteiger partial charge in [-0.2, -0.15) is 23.3 Å². The highest BCUT2D eigenvalue weighted by Crippen LogP contribution is 2.42. The summed E-state index contributed by atoms with van der Waals surface area (Å²) in [6.07, 6.45) is 0.439. The number of piperidine rings is 1. The normalized spacial score (nSPS) is 18.4. The van der Waals surface area contributed by atoms with Crippen LogP contribution in [0.1, 0.15) is 44.1 Å². The van der Waals surface area contributed by atoms with E-state index in [4.69, 9.17) is 4.98 Å². The third-order valence-electron chi connectivity index (χ3n) is 6.98. The van der Waals surface area contributed by atoms with Crippen LogP contribution in [0.15, 0.2) is 17.1 Å². The lowest BCUT2D eigenvalue weighted by Crippen LogP contribution is -2.44. The van der Waals surface area contributed by atoms with Gasteiger partial charge >= 0.3 is 6.18 Å². The van der Waals surface area contributed by atoms with E-state index < -0.39 is 11.9 Å². The molecule has 9 nitrogen and oxygen atoms in total. The number of nitrogens with zero attached hydrogens (tertiary/aromatic N) is 7. The molecule has 12 heteroatoms. The number of aryl methyl sites for hydroxylation is 1. The van der Waals surface area contributed by atoms with Crippen LogP contribution in [0.4, 0.5) is 24.9 Å². The van der Waals surface area contributed by atoms with Gasteiger partial charge in [-0.3, -0.25) is 14.5 Å². The molecule has 2 saturated heterocycles. The van der Waals surface area contributed by atoms with Crippen molar-refractivity contribution in [3.63, 3.8) is 0 Å². The number of fused-ring (bicyclic) bond motifs is 1. The molecule has 0 saturated carbocycles. The molecule has 0 radical (unpaired) electrons. The lowest BCUT2D eigenvalue weighted by Gasteiger charge is -2.40. The molecular formula is C22H27F3N8O. The highest BCUT2D eigenvalue weighted by Gasteiger charge is 2.42. The highest BCUT2D eigenvalue weighted by atomic mass is 19.4. The summed E-state index contributed by atoms with van der Waals surface area (Å²) in [7, 11) is 0. The second kappa shape index (κ2) is 8.24. The van der Waals surface area contributed by atoms with E-state index in [9.17, 15) is 18.0 Å². The van der Waals surface area contributed by atoms with Crippen LogP contribution in [0, 0.1) is 12.3 Å². The topological polar surface area (TPSA) is 95.8 Å². The summed E-state index contributed by atoms with van der Waals surface area (Å²) in [5.74, 6) is 1.10. The average molecular weight is 477 g/mol. The minimum absolute atomic E-state index is 0.00171. The quantitative estimate of drug-likeness (QED) is 0.618. The second-order valence-corrected chi connectivity index (χ2v) is 9.32. The van der Waals surface area contributed by atoms with Gasteiger partial charge < -0.3 is 9.80 Å². The van der Waals surface area contributed by atoms with Crippen LogP contribution in [0.25, 0.3) is 11.0 Å². The molecule has 2 aliphatic heterocycles. The molecule has 1 spiro atoms. The molecule has 0 aliphatic carbocycles. The van der Waals surface area contributed by atoms with Crippen LogP contribution in [0.3, 0.4) is 0 Å². The van der Waals surface area contributed by atoms with Gasteiger partial charge in [-0.05, 0) is 38.0 Å². The largest absolute Gasteiger partial charge is 0.433 e. The Morgan fingerprint density at radius 2 is 1.79 bits per heavy atom. The number of nitrogens with one attached hydrogen (secondary N) is 1. The van der Waals surface area contributed by atoms with E-state index in [0.29, 0.717) is 42.4 Å². The van der Waals surface area contributed by atoms with Crippen LogP contribution in [-0.4, -0.2) is 55.9 Å². The van der Waals surface area contributed by atoms with Crippen molar-refractivity contribution < 1.29 is 13.2 Å². The Morgan fingerprint density at radius 1 is 1.09 bits per heavy atom. The molecule has 3 aromatic rings. The van der Waals surface area contributed by atoms with Crippen molar-refractivity contribution in [2.45, 2.75) is 52.3 Å². The zero-order valence-corrected chi connectivity index (χ0v) is 19.2. The Balaban J connectivity index is 1.34. The second-order valence-electron chi connectivity index (χ2n) is 9.32. The monoisotopic (exact) mass is 476 g/mol. The molecule has 1 N–H and O–H groups in total. The van der Waals surface area contributed by atoms with Gasteiger partial charge in [-0.25, -0.2) is 9.97 Å². The van der Waals surface area contributed by atoms with Crippen molar-refractivity contribution in [2.24, 2.45) is 5.41 Å². The van der Waals surface area contributed by atoms with E-state index in [1.807, 2.05) is 11.8 Å². The summed E-state index contributed by atoms with van der Waals surface area (Å²) >= 11 is 0. The standard InChI is InChI=1S/C22H27F3N8O/c1-3-7-33-19(34)15-12-26-30-18(15)29-20(33)31-8-4-21(5-9-31)6-10-32(13-21)17-11-16(22(23,24)25)27-14(2)28-17/h11-12H,3-10,13H2,1-2H3,(H,26,30). The van der Waals surface area contributed by atoms with Crippen LogP contribution in [-0.2, 0) is 12.7 Å². The maximum atomic E-state index is 13.2. The van der Waals surface area contributed by atoms with E-state index >= 15 is 0 Å². The predicted molar refractivity (Wildman–Crippen MR) is 121 cm³/mol. The van der Waals surface area contributed by atoms with E-state index in [0.717, 1.165) is 44.8 Å². The van der Waals surface area contributed by atoms with E-state index in [1.54, 1.807) is 4.57 Å². The third kappa shape index (κ3) is 3.98. The molecule has 5 rings (SSSR count). The molecule has 2 aliphatic rings. The van der Waals surface area contributed by atoms with Crippen molar-refractivity contribution >= 4 is 22.8 Å². The van der Waals surface area contributed by atoms with Crippen molar-refractivity contribution in [3.8, 4) is 0 Å². The van der Waals surface area contributed by atoms with Gasteiger partial charge in [0.2, 0.25) is 5.95 Å². The fourth-order valence-electron chi connectivity index (χ4n) is 5.16. The maximum Gasteiger partial charge on any atom is 0.433 e. The zero-order valence-electron chi connectivity index (χ0n) is 19.2. The molecule has 0 atom stereocenters. The average Bonchev–Trinajstić information content (AvgIpc) is 3.43. The van der Waals surface area contributed by atoms with Crippen LogP contribution in [0.2, 0.25) is 0 Å². The Morgan fingerprint density at radius 3 is 2.47 bits per heavy atom. The number of aromatic nitrogens is 6. The van der Waals surface area contributed by atoms with Gasteiger partial charge in [-0.1, -0.05) is 6.92 Å². The van der Waals surface area contributed by atoms with Gasteiger partial charge in [0.05, 0.1) is 6.20 Å². The smallest absolute Gasteiger partial charge is 0.356 e. The van der Waals surface area contributed by atoms with Gasteiger partial charge in [-0.15, -0.1) is 0 Å². The third-order valence-corrected chi connectivity index (χ3v) is 6.98. The Hall–Kier alpha value is -3.18. The molecular weight excluding hydrogens is 449 g/mol. The molecule has 182 valence electrons. The minimum atomic E-state index is -4.50. The summed E-state index contributed by atoms with van der Waals surface area (Å²) < 4.78 is 41.4. The van der Waals surface area contributed by atoms with Gasteiger partial charge in [0.15, 0.2) is 5.65 Å². The van der Waals surface area contributed by atoms with Crippen LogP contribution in [0.5, 0.6) is 0 Å². The first kappa shape index (κ1) is 22.6. The molecule has 5 heterocycles. The summed E-state index contributed by atoms with van der Waals surface area (Å²) in [5.41, 5.74) is -0.511. The number of anilines is 2. The van der Waals surface area contributed by atoms with E-state index in [1.165, 1.54) is 13.1 Å². The first-order chi connectivity index (χ1) is 16.2. The van der Waals surface area contributed by atoms with Crippen molar-refractivity contribution in [3.05, 3.63) is 34.1 Å². The molecule has 0 aromatic carbocycles. The highest BCUT2D eigenvalue weighted by molar-refractivity contribution is 5.74. The summed E-state index contributed by atoms with van der Waals surface area (Å²) in [6, 6.07) is 1.05. The van der Waals surface area contributed by atoms with E-state index in [2.05, 4.69) is 25.1 Å². The summed E-state index contributed by atoms with van der Waals surface area (Å²) in [4.78, 5) is 29.6. The van der Waals surface area contributed by atoms with Gasteiger partial charge in [0, 0.05) is 38.8 Å². The minimum Gasteiger partial charge on any atom is -0.356 e. The number of alkyl halides is 3. The fraction of sp³-hybridized carbons (Fsp3) is 0.591. The predicted octanol–water partition coefficient (Wildman–Crippen LogP) is 3.14. The first-order valence-corrected chi connectivity index (χ1v) is 11.6. The molecule has 2 fully saturated rings. The number of aromatic amines is 1. The first-order valence-electron chi connectivity index (χ1n) is 11.6. The molecule has 3 aromatic heterocycles. The summed E-state index contributed by atoms with van der Waals surface area (Å²) in [5, 5.41) is 7.25. The van der Waals surface area contributed by atoms with Gasteiger partial charge in [0.1, 0.15) is 22.7 Å². The zero-order chi connectivity index (χ0) is 24.1. The van der Waals surface area contributed by atoms with Crippen molar-refractivity contribution in [1.29, 1.82) is 0 Å². The van der Waals surface area contributed by atoms with Crippen molar-refractivity contribution in [1.82, 2.24) is 29.7 Å². The molecule has 0 amide bonds. The molecule has 0 unspecified atom stereocenters. The van der Waals surface area contributed by atoms with Crippen LogP contribution < -0.4 is 15.4 Å². The Labute approximate surface area is 194 Å². The molecule has 0 bridgehead atoms. The number of H-pyrrole nitrogens is 1. The lowest BCUT2D eigenvalue weighted by molar-refractivity contribution is -0.141. The lowest BCUT2D eigenvalue weighted by atomic mass is 9.78. The number of halogens is 3. The Kier molecular flexibility index (Phi) is 5.48. The number of hydrogen-bond donors (Lipinski definition) is 1. The van der Waals surface area contributed by atoms with E-state index in [-0.39, 0.29) is 16.8 Å². The fourth-order valence-corrected chi connectivity index (χ4v) is 5.16. The Bertz CT molecular complexity index is 1260. The maximum absolute atomic E-state index is 13.2. The SMILES string of the molecule is CCCn1c(N2CCC3(CCN(c4cc(C(F)(F)F)nc(C)n4)C3)CC2)nc2[nH]ncc2c1=O. The van der Waals surface area contributed by atoms with Gasteiger partial charge in [0.25, 0.3) is 5.56 Å². The number of hydrogen-bond acceptors (Lipinski definition) is 7. The van der Waals surface area contributed by atoms with Crippen molar-refractivity contribution in [2.75, 3.05) is 36.0 Å². The molecule has 34 heavy (non-hydrogen) atoms. The summed E-state index contributed by atoms with van der Waals surface area (Å²) in [6.45, 7) is 6.85. The van der Waals surface area contributed by atoms with Crippen LogP contribution >= 0.6 is 0 Å².